The molecule has 0 heterocycles. The molecule has 2 aromatic rings. The maximum absolute atomic E-state index is 12.1. The molecule has 0 aliphatic rings. The number of rotatable bonds is 4. The van der Waals surface area contributed by atoms with Gasteiger partial charge in [-0.15, -0.1) is 0 Å². The third kappa shape index (κ3) is 4.48. The first-order valence-corrected chi connectivity index (χ1v) is 7.62. The lowest BCUT2D eigenvalue weighted by atomic mass is 10.2. The van der Waals surface area contributed by atoms with Gasteiger partial charge in [-0.2, -0.15) is 0 Å². The summed E-state index contributed by atoms with van der Waals surface area (Å²) in [5.41, 5.74) is 1.70. The molecule has 1 N–H and O–H groups in total. The van der Waals surface area contributed by atoms with Crippen LogP contribution in [0.5, 0.6) is 5.75 Å². The van der Waals surface area contributed by atoms with Crippen LogP contribution in [-0.2, 0) is 4.79 Å². The van der Waals surface area contributed by atoms with Crippen molar-refractivity contribution in [3.63, 3.8) is 0 Å². The zero-order valence-corrected chi connectivity index (χ0v) is 14.0. The Hall–Kier alpha value is -1.52. The summed E-state index contributed by atoms with van der Waals surface area (Å²) >= 11 is 9.39. The van der Waals surface area contributed by atoms with E-state index in [4.69, 9.17) is 16.3 Å². The Morgan fingerprint density at radius 1 is 1.24 bits per heavy atom. The number of hydrogen-bond acceptors (Lipinski definition) is 2. The van der Waals surface area contributed by atoms with Crippen LogP contribution in [0.3, 0.4) is 0 Å². The van der Waals surface area contributed by atoms with Gasteiger partial charge in [-0.3, -0.25) is 4.79 Å². The van der Waals surface area contributed by atoms with Crippen LogP contribution in [0.2, 0.25) is 5.02 Å². The minimum absolute atomic E-state index is 0.250. The van der Waals surface area contributed by atoms with E-state index in [1.54, 1.807) is 19.1 Å². The van der Waals surface area contributed by atoms with Gasteiger partial charge in [-0.1, -0.05) is 45.2 Å². The molecule has 0 aliphatic heterocycles. The quantitative estimate of drug-likeness (QED) is 0.840. The molecule has 3 nitrogen and oxygen atoms in total. The second-order valence-corrected chi connectivity index (χ2v) is 6.01. The van der Waals surface area contributed by atoms with E-state index in [1.165, 1.54) is 0 Å². The van der Waals surface area contributed by atoms with Gasteiger partial charge in [0.2, 0.25) is 0 Å². The summed E-state index contributed by atoms with van der Waals surface area (Å²) in [6, 6.07) is 12.8. The van der Waals surface area contributed by atoms with Crippen LogP contribution in [0.4, 0.5) is 5.69 Å². The molecule has 0 aliphatic carbocycles. The normalized spacial score (nSPS) is 11.8. The molecule has 2 aromatic carbocycles. The smallest absolute Gasteiger partial charge is 0.265 e. The summed E-state index contributed by atoms with van der Waals surface area (Å²) < 4.78 is 6.46. The Morgan fingerprint density at radius 2 is 1.90 bits per heavy atom. The van der Waals surface area contributed by atoms with Crippen molar-refractivity contribution >= 4 is 39.1 Å². The second-order valence-electron chi connectivity index (χ2n) is 4.69. The Morgan fingerprint density at radius 3 is 2.52 bits per heavy atom. The maximum atomic E-state index is 12.1. The number of benzene rings is 2. The van der Waals surface area contributed by atoms with E-state index in [0.29, 0.717) is 16.5 Å². The Labute approximate surface area is 137 Å². The Kier molecular flexibility index (Phi) is 5.26. The summed E-state index contributed by atoms with van der Waals surface area (Å²) in [7, 11) is 0. The van der Waals surface area contributed by atoms with E-state index in [2.05, 4.69) is 21.2 Å². The van der Waals surface area contributed by atoms with E-state index in [-0.39, 0.29) is 5.91 Å². The largest absolute Gasteiger partial charge is 0.481 e. The highest BCUT2D eigenvalue weighted by atomic mass is 79.9. The van der Waals surface area contributed by atoms with E-state index < -0.39 is 6.10 Å². The molecular formula is C16H15BrClNO2. The minimum Gasteiger partial charge on any atom is -0.481 e. The molecule has 5 heteroatoms. The minimum atomic E-state index is -0.618. The van der Waals surface area contributed by atoms with Gasteiger partial charge in [0.05, 0.1) is 10.7 Å². The number of aryl methyl sites for hydroxylation is 1. The molecule has 0 saturated heterocycles. The predicted octanol–water partition coefficient (Wildman–Crippen LogP) is 4.82. The Bertz CT molecular complexity index is 643. The van der Waals surface area contributed by atoms with Gasteiger partial charge in [-0.25, -0.2) is 0 Å². The van der Waals surface area contributed by atoms with Crippen LogP contribution in [0, 0.1) is 6.92 Å². The van der Waals surface area contributed by atoms with Crippen molar-refractivity contribution in [3.8, 4) is 5.75 Å². The molecule has 0 bridgehead atoms. The number of halogens is 2. The van der Waals surface area contributed by atoms with Crippen molar-refractivity contribution in [2.24, 2.45) is 0 Å². The zero-order valence-electron chi connectivity index (χ0n) is 11.7. The lowest BCUT2D eigenvalue weighted by Gasteiger charge is -2.15. The highest BCUT2D eigenvalue weighted by Crippen LogP contribution is 2.26. The number of carbonyl (C=O) groups excluding carboxylic acids is 1. The van der Waals surface area contributed by atoms with Gasteiger partial charge in [0.25, 0.3) is 5.91 Å². The van der Waals surface area contributed by atoms with E-state index in [9.17, 15) is 4.79 Å². The molecule has 110 valence electrons. The average Bonchev–Trinajstić information content (AvgIpc) is 2.44. The molecule has 0 aromatic heterocycles. The molecule has 1 amide bonds. The zero-order chi connectivity index (χ0) is 15.4. The van der Waals surface area contributed by atoms with Gasteiger partial charge in [0.1, 0.15) is 5.75 Å². The van der Waals surface area contributed by atoms with Crippen molar-refractivity contribution in [2.75, 3.05) is 5.32 Å². The molecule has 2 rings (SSSR count). The molecule has 0 spiro atoms. The van der Waals surface area contributed by atoms with Crippen molar-refractivity contribution < 1.29 is 9.53 Å². The number of anilines is 1. The third-order valence-electron chi connectivity index (χ3n) is 2.89. The van der Waals surface area contributed by atoms with Gasteiger partial charge in [-0.05, 0) is 44.2 Å². The highest BCUT2D eigenvalue weighted by molar-refractivity contribution is 9.10. The monoisotopic (exact) mass is 367 g/mol. The van der Waals surface area contributed by atoms with E-state index in [0.717, 1.165) is 10.0 Å². The second kappa shape index (κ2) is 6.96. The first kappa shape index (κ1) is 15.9. The lowest BCUT2D eigenvalue weighted by molar-refractivity contribution is -0.122. The number of nitrogens with one attached hydrogen (secondary N) is 1. The fourth-order valence-corrected chi connectivity index (χ4v) is 2.42. The molecule has 21 heavy (non-hydrogen) atoms. The van der Waals surface area contributed by atoms with Crippen molar-refractivity contribution in [1.29, 1.82) is 0 Å². The number of hydrogen-bond donors (Lipinski definition) is 1. The van der Waals surface area contributed by atoms with Crippen LogP contribution in [-0.4, -0.2) is 12.0 Å². The summed E-state index contributed by atoms with van der Waals surface area (Å²) in [5, 5.41) is 3.22. The predicted molar refractivity (Wildman–Crippen MR) is 89.1 cm³/mol. The topological polar surface area (TPSA) is 38.3 Å². The molecule has 1 atom stereocenters. The SMILES string of the molecule is Cc1ccc(O[C@H](C)C(=O)Nc2ccc(Br)cc2Cl)cc1. The van der Waals surface area contributed by atoms with Crippen LogP contribution in [0.25, 0.3) is 0 Å². The van der Waals surface area contributed by atoms with Gasteiger partial charge in [0.15, 0.2) is 6.10 Å². The van der Waals surface area contributed by atoms with Gasteiger partial charge < -0.3 is 10.1 Å². The molecule has 0 unspecified atom stereocenters. The lowest BCUT2D eigenvalue weighted by Crippen LogP contribution is -2.30. The van der Waals surface area contributed by atoms with Crippen molar-refractivity contribution in [1.82, 2.24) is 0 Å². The van der Waals surface area contributed by atoms with Crippen molar-refractivity contribution in [3.05, 3.63) is 57.5 Å². The summed E-state index contributed by atoms with van der Waals surface area (Å²) in [6.45, 7) is 3.69. The van der Waals surface area contributed by atoms with Crippen LogP contribution >= 0.6 is 27.5 Å². The maximum Gasteiger partial charge on any atom is 0.265 e. The van der Waals surface area contributed by atoms with Gasteiger partial charge >= 0.3 is 0 Å². The average molecular weight is 369 g/mol. The third-order valence-corrected chi connectivity index (χ3v) is 3.70. The summed E-state index contributed by atoms with van der Waals surface area (Å²) in [6.07, 6.45) is -0.618. The fraction of sp³-hybridized carbons (Fsp3) is 0.188. The first-order valence-electron chi connectivity index (χ1n) is 6.45. The Balaban J connectivity index is 2.00. The molecule has 0 radical (unpaired) electrons. The number of ether oxygens (including phenoxy) is 1. The molecule has 0 saturated carbocycles. The molecular weight excluding hydrogens is 354 g/mol. The van der Waals surface area contributed by atoms with Crippen LogP contribution in [0.15, 0.2) is 46.9 Å². The fourth-order valence-electron chi connectivity index (χ4n) is 1.70. The highest BCUT2D eigenvalue weighted by Gasteiger charge is 2.16. The van der Waals surface area contributed by atoms with Crippen LogP contribution < -0.4 is 10.1 Å². The van der Waals surface area contributed by atoms with Gasteiger partial charge in [0, 0.05) is 4.47 Å². The standard InChI is InChI=1S/C16H15BrClNO2/c1-10-3-6-13(7-4-10)21-11(2)16(20)19-15-8-5-12(17)9-14(15)18/h3-9,11H,1-2H3,(H,19,20)/t11-/m1/s1. The van der Waals surface area contributed by atoms with Crippen LogP contribution in [0.1, 0.15) is 12.5 Å². The van der Waals surface area contributed by atoms with Crippen molar-refractivity contribution in [2.45, 2.75) is 20.0 Å². The first-order chi connectivity index (χ1) is 9.95. The van der Waals surface area contributed by atoms with E-state index >= 15 is 0 Å². The summed E-state index contributed by atoms with van der Waals surface area (Å²) in [5.74, 6) is 0.407. The number of amides is 1. The number of carbonyl (C=O) groups is 1. The molecule has 0 fully saturated rings. The summed E-state index contributed by atoms with van der Waals surface area (Å²) in [4.78, 5) is 12.1. The van der Waals surface area contributed by atoms with E-state index in [1.807, 2.05) is 37.3 Å².